The van der Waals surface area contributed by atoms with Gasteiger partial charge in [-0.3, -0.25) is 0 Å². The van der Waals surface area contributed by atoms with Crippen LogP contribution >= 0.6 is 0 Å². The lowest BCUT2D eigenvalue weighted by Crippen LogP contribution is -2.27. The molecule has 1 unspecified atom stereocenters. The van der Waals surface area contributed by atoms with Crippen molar-refractivity contribution < 1.29 is 0 Å². The van der Waals surface area contributed by atoms with Crippen molar-refractivity contribution in [3.63, 3.8) is 0 Å². The van der Waals surface area contributed by atoms with Gasteiger partial charge >= 0.3 is 0 Å². The fraction of sp³-hybridized carbons (Fsp3) is 0.333. The fourth-order valence-corrected chi connectivity index (χ4v) is 2.24. The van der Waals surface area contributed by atoms with E-state index in [9.17, 15) is 0 Å². The number of nitrogens with zero attached hydrogens (tertiary/aromatic N) is 1. The van der Waals surface area contributed by atoms with Crippen LogP contribution in [0.4, 0.5) is 5.69 Å². The molecular formula is C18H24N2. The normalized spacial score (nSPS) is 12.2. The summed E-state index contributed by atoms with van der Waals surface area (Å²) in [4.78, 5) is 2.12. The lowest BCUT2D eigenvalue weighted by Gasteiger charge is -2.15. The highest BCUT2D eigenvalue weighted by Crippen LogP contribution is 2.12. The second-order valence-corrected chi connectivity index (χ2v) is 5.53. The van der Waals surface area contributed by atoms with Crippen LogP contribution in [0.15, 0.2) is 54.6 Å². The molecule has 20 heavy (non-hydrogen) atoms. The van der Waals surface area contributed by atoms with Gasteiger partial charge in [0, 0.05) is 32.4 Å². The van der Waals surface area contributed by atoms with Crippen LogP contribution in [0.2, 0.25) is 0 Å². The van der Waals surface area contributed by atoms with Gasteiger partial charge in [0.25, 0.3) is 0 Å². The van der Waals surface area contributed by atoms with Gasteiger partial charge in [0.15, 0.2) is 0 Å². The van der Waals surface area contributed by atoms with E-state index < -0.39 is 0 Å². The van der Waals surface area contributed by atoms with Crippen LogP contribution in [0.1, 0.15) is 18.1 Å². The molecule has 0 aliphatic heterocycles. The summed E-state index contributed by atoms with van der Waals surface area (Å²) in [5.41, 5.74) is 3.96. The molecule has 1 atom stereocenters. The second kappa shape index (κ2) is 7.11. The standard InChI is InChI=1S/C18H24N2/c1-15(13-16-7-5-4-6-8-16)19-14-17-9-11-18(12-10-17)20(2)3/h4-12,15,19H,13-14H2,1-3H3. The molecule has 2 rings (SSSR count). The van der Waals surface area contributed by atoms with Crippen LogP contribution in [0.5, 0.6) is 0 Å². The summed E-state index contributed by atoms with van der Waals surface area (Å²) in [6.07, 6.45) is 1.07. The maximum absolute atomic E-state index is 3.58. The Morgan fingerprint density at radius 1 is 0.900 bits per heavy atom. The van der Waals surface area contributed by atoms with Crippen molar-refractivity contribution in [2.24, 2.45) is 0 Å². The first-order valence-corrected chi connectivity index (χ1v) is 7.19. The van der Waals surface area contributed by atoms with E-state index in [0.29, 0.717) is 6.04 Å². The molecule has 0 fully saturated rings. The largest absolute Gasteiger partial charge is 0.378 e. The van der Waals surface area contributed by atoms with Crippen LogP contribution in [0.3, 0.4) is 0 Å². The molecule has 2 aromatic carbocycles. The number of anilines is 1. The van der Waals surface area contributed by atoms with E-state index in [1.54, 1.807) is 0 Å². The van der Waals surface area contributed by atoms with Crippen molar-refractivity contribution in [3.05, 3.63) is 65.7 Å². The molecule has 2 nitrogen and oxygen atoms in total. The number of benzene rings is 2. The predicted octanol–water partition coefficient (Wildman–Crippen LogP) is 3.47. The third kappa shape index (κ3) is 4.39. The van der Waals surface area contributed by atoms with Crippen LogP contribution in [-0.2, 0) is 13.0 Å². The maximum Gasteiger partial charge on any atom is 0.0361 e. The molecule has 0 saturated carbocycles. The Morgan fingerprint density at radius 3 is 2.15 bits per heavy atom. The van der Waals surface area contributed by atoms with Gasteiger partial charge < -0.3 is 10.2 Å². The molecule has 0 bridgehead atoms. The first kappa shape index (κ1) is 14.6. The minimum atomic E-state index is 0.478. The van der Waals surface area contributed by atoms with Crippen LogP contribution in [0.25, 0.3) is 0 Å². The molecule has 2 heteroatoms. The zero-order valence-corrected chi connectivity index (χ0v) is 12.6. The topological polar surface area (TPSA) is 15.3 Å². The monoisotopic (exact) mass is 268 g/mol. The Bertz CT molecular complexity index is 503. The van der Waals surface area contributed by atoms with Gasteiger partial charge in [-0.1, -0.05) is 42.5 Å². The smallest absolute Gasteiger partial charge is 0.0361 e. The average Bonchev–Trinajstić information content (AvgIpc) is 2.46. The molecule has 0 heterocycles. The average molecular weight is 268 g/mol. The molecule has 0 radical (unpaired) electrons. The summed E-state index contributed by atoms with van der Waals surface area (Å²) in [6, 6.07) is 19.8. The highest BCUT2D eigenvalue weighted by atomic mass is 15.1. The van der Waals surface area contributed by atoms with E-state index in [-0.39, 0.29) is 0 Å². The first-order valence-electron chi connectivity index (χ1n) is 7.19. The molecule has 1 N–H and O–H groups in total. The number of nitrogens with one attached hydrogen (secondary N) is 1. The SMILES string of the molecule is CC(Cc1ccccc1)NCc1ccc(N(C)C)cc1. The Kier molecular flexibility index (Phi) is 5.19. The van der Waals surface area contributed by atoms with Crippen molar-refractivity contribution in [2.45, 2.75) is 25.9 Å². The van der Waals surface area contributed by atoms with Gasteiger partial charge in [-0.05, 0) is 36.6 Å². The molecule has 0 amide bonds. The molecule has 0 aliphatic carbocycles. The fourth-order valence-electron chi connectivity index (χ4n) is 2.24. The van der Waals surface area contributed by atoms with Crippen molar-refractivity contribution in [1.29, 1.82) is 0 Å². The first-order chi connectivity index (χ1) is 9.65. The molecule has 0 aromatic heterocycles. The molecule has 0 spiro atoms. The quantitative estimate of drug-likeness (QED) is 0.863. The van der Waals surface area contributed by atoms with E-state index in [1.807, 2.05) is 0 Å². The lowest BCUT2D eigenvalue weighted by atomic mass is 10.1. The van der Waals surface area contributed by atoms with Gasteiger partial charge in [-0.25, -0.2) is 0 Å². The van der Waals surface area contributed by atoms with Crippen LogP contribution in [0, 0.1) is 0 Å². The van der Waals surface area contributed by atoms with Crippen molar-refractivity contribution in [1.82, 2.24) is 5.32 Å². The number of hydrogen-bond donors (Lipinski definition) is 1. The zero-order valence-electron chi connectivity index (χ0n) is 12.6. The van der Waals surface area contributed by atoms with Crippen LogP contribution in [-0.4, -0.2) is 20.1 Å². The maximum atomic E-state index is 3.58. The molecule has 2 aromatic rings. The summed E-state index contributed by atoms with van der Waals surface area (Å²) >= 11 is 0. The Morgan fingerprint density at radius 2 is 1.55 bits per heavy atom. The summed E-state index contributed by atoms with van der Waals surface area (Å²) in [6.45, 7) is 3.16. The van der Waals surface area contributed by atoms with E-state index in [1.165, 1.54) is 16.8 Å². The predicted molar refractivity (Wildman–Crippen MR) is 87.2 cm³/mol. The summed E-state index contributed by atoms with van der Waals surface area (Å²) in [5.74, 6) is 0. The third-order valence-electron chi connectivity index (χ3n) is 3.49. The van der Waals surface area contributed by atoms with Crippen molar-refractivity contribution in [2.75, 3.05) is 19.0 Å². The number of hydrogen-bond acceptors (Lipinski definition) is 2. The Balaban J connectivity index is 1.82. The highest BCUT2D eigenvalue weighted by molar-refractivity contribution is 5.45. The second-order valence-electron chi connectivity index (χ2n) is 5.53. The van der Waals surface area contributed by atoms with E-state index in [4.69, 9.17) is 0 Å². The minimum Gasteiger partial charge on any atom is -0.378 e. The van der Waals surface area contributed by atoms with E-state index in [2.05, 4.69) is 85.8 Å². The molecular weight excluding hydrogens is 244 g/mol. The minimum absolute atomic E-state index is 0.478. The zero-order chi connectivity index (χ0) is 14.4. The summed E-state index contributed by atoms with van der Waals surface area (Å²) in [5, 5.41) is 3.58. The third-order valence-corrected chi connectivity index (χ3v) is 3.49. The van der Waals surface area contributed by atoms with Crippen molar-refractivity contribution >= 4 is 5.69 Å². The molecule has 0 saturated heterocycles. The number of rotatable bonds is 6. The van der Waals surface area contributed by atoms with Gasteiger partial charge in [0.1, 0.15) is 0 Å². The van der Waals surface area contributed by atoms with E-state index >= 15 is 0 Å². The van der Waals surface area contributed by atoms with Crippen molar-refractivity contribution in [3.8, 4) is 0 Å². The molecule has 106 valence electrons. The van der Waals surface area contributed by atoms with Crippen LogP contribution < -0.4 is 10.2 Å². The van der Waals surface area contributed by atoms with Gasteiger partial charge in [-0.2, -0.15) is 0 Å². The van der Waals surface area contributed by atoms with Gasteiger partial charge in [0.05, 0.1) is 0 Å². The Hall–Kier alpha value is -1.80. The highest BCUT2D eigenvalue weighted by Gasteiger charge is 2.03. The molecule has 0 aliphatic rings. The Labute approximate surface area is 122 Å². The van der Waals surface area contributed by atoms with E-state index in [0.717, 1.165) is 13.0 Å². The van der Waals surface area contributed by atoms with Gasteiger partial charge in [-0.15, -0.1) is 0 Å². The van der Waals surface area contributed by atoms with Gasteiger partial charge in [0.2, 0.25) is 0 Å². The lowest BCUT2D eigenvalue weighted by molar-refractivity contribution is 0.545. The summed E-state index contributed by atoms with van der Waals surface area (Å²) in [7, 11) is 4.13. The summed E-state index contributed by atoms with van der Waals surface area (Å²) < 4.78 is 0.